The van der Waals surface area contributed by atoms with Crippen molar-refractivity contribution in [1.82, 2.24) is 0 Å². The van der Waals surface area contributed by atoms with Crippen LogP contribution in [0.25, 0.3) is 0 Å². The van der Waals surface area contributed by atoms with Gasteiger partial charge in [-0.3, -0.25) is 9.59 Å². The van der Waals surface area contributed by atoms with Crippen molar-refractivity contribution < 1.29 is 28.6 Å². The Morgan fingerprint density at radius 2 is 1.76 bits per heavy atom. The summed E-state index contributed by atoms with van der Waals surface area (Å²) in [5.74, 6) is -0.742. The monoisotopic (exact) mass is 350 g/mol. The molecule has 0 aliphatic heterocycles. The molecule has 0 saturated carbocycles. The molecule has 1 atom stereocenters. The first-order valence-corrected chi connectivity index (χ1v) is 8.36. The van der Waals surface area contributed by atoms with Crippen molar-refractivity contribution >= 4 is 17.7 Å². The summed E-state index contributed by atoms with van der Waals surface area (Å²) in [6, 6.07) is 7.14. The van der Waals surface area contributed by atoms with Crippen LogP contribution in [0.15, 0.2) is 24.3 Å². The van der Waals surface area contributed by atoms with Gasteiger partial charge in [-0.05, 0) is 37.8 Å². The molecule has 1 rings (SSSR count). The first kappa shape index (κ1) is 20.8. The third-order valence-electron chi connectivity index (χ3n) is 3.63. The van der Waals surface area contributed by atoms with E-state index in [0.717, 1.165) is 24.8 Å². The first-order chi connectivity index (χ1) is 11.9. The van der Waals surface area contributed by atoms with E-state index in [1.165, 1.54) is 21.0 Å². The lowest BCUT2D eigenvalue weighted by molar-refractivity contribution is -0.154. The Bertz CT molecular complexity index is 581. The SMILES string of the molecule is COC(=O)C(Cc1cccc(C(C)=O)c1)OCCCCCOC(C)=O. The average molecular weight is 350 g/mol. The number of hydrogen-bond acceptors (Lipinski definition) is 6. The first-order valence-electron chi connectivity index (χ1n) is 8.36. The number of hydrogen-bond donors (Lipinski definition) is 0. The van der Waals surface area contributed by atoms with Gasteiger partial charge in [-0.1, -0.05) is 18.2 Å². The summed E-state index contributed by atoms with van der Waals surface area (Å²) < 4.78 is 15.3. The van der Waals surface area contributed by atoms with Crippen LogP contribution in [0.1, 0.15) is 49.0 Å². The van der Waals surface area contributed by atoms with Gasteiger partial charge in [0.25, 0.3) is 0 Å². The average Bonchev–Trinajstić information content (AvgIpc) is 2.59. The largest absolute Gasteiger partial charge is 0.467 e. The molecular formula is C19H26O6. The van der Waals surface area contributed by atoms with Crippen LogP contribution >= 0.6 is 0 Å². The van der Waals surface area contributed by atoms with E-state index in [1.807, 2.05) is 6.07 Å². The summed E-state index contributed by atoms with van der Waals surface area (Å²) in [5, 5.41) is 0. The Hall–Kier alpha value is -2.21. The smallest absolute Gasteiger partial charge is 0.335 e. The molecule has 1 aromatic rings. The highest BCUT2D eigenvalue weighted by atomic mass is 16.6. The van der Waals surface area contributed by atoms with Crippen LogP contribution in [-0.2, 0) is 30.2 Å². The third kappa shape index (κ3) is 8.44. The number of ether oxygens (including phenoxy) is 3. The molecule has 1 aromatic carbocycles. The van der Waals surface area contributed by atoms with E-state index < -0.39 is 12.1 Å². The van der Waals surface area contributed by atoms with Crippen molar-refractivity contribution in [3.05, 3.63) is 35.4 Å². The van der Waals surface area contributed by atoms with Crippen LogP contribution in [-0.4, -0.2) is 44.1 Å². The van der Waals surface area contributed by atoms with Crippen LogP contribution in [0.2, 0.25) is 0 Å². The zero-order chi connectivity index (χ0) is 18.7. The van der Waals surface area contributed by atoms with Gasteiger partial charge in [0.05, 0.1) is 13.7 Å². The molecule has 25 heavy (non-hydrogen) atoms. The summed E-state index contributed by atoms with van der Waals surface area (Å²) in [5.41, 5.74) is 1.45. The number of benzene rings is 1. The van der Waals surface area contributed by atoms with Gasteiger partial charge in [-0.15, -0.1) is 0 Å². The summed E-state index contributed by atoms with van der Waals surface area (Å²) in [7, 11) is 1.32. The van der Waals surface area contributed by atoms with E-state index in [0.29, 0.717) is 25.2 Å². The standard InChI is InChI=1S/C19H26O6/c1-14(20)17-9-7-8-16(12-17)13-18(19(22)23-3)25-11-6-4-5-10-24-15(2)21/h7-9,12,18H,4-6,10-11,13H2,1-3H3. The van der Waals surface area contributed by atoms with Crippen molar-refractivity contribution in [2.24, 2.45) is 0 Å². The zero-order valence-electron chi connectivity index (χ0n) is 15.1. The molecule has 0 saturated heterocycles. The van der Waals surface area contributed by atoms with Gasteiger partial charge in [0.1, 0.15) is 0 Å². The fourth-order valence-electron chi connectivity index (χ4n) is 2.30. The quantitative estimate of drug-likeness (QED) is 0.347. The Morgan fingerprint density at radius 3 is 2.40 bits per heavy atom. The minimum absolute atomic E-state index is 0.0230. The molecule has 0 radical (unpaired) electrons. The summed E-state index contributed by atoms with van der Waals surface area (Å²) >= 11 is 0. The summed E-state index contributed by atoms with van der Waals surface area (Å²) in [6.07, 6.45) is 1.98. The number of esters is 2. The number of unbranched alkanes of at least 4 members (excludes halogenated alkanes) is 2. The second-order valence-electron chi connectivity index (χ2n) is 5.74. The van der Waals surface area contributed by atoms with Gasteiger partial charge >= 0.3 is 11.9 Å². The zero-order valence-corrected chi connectivity index (χ0v) is 15.1. The van der Waals surface area contributed by atoms with Crippen molar-refractivity contribution in [2.75, 3.05) is 20.3 Å². The molecule has 6 heteroatoms. The molecule has 0 aromatic heterocycles. The van der Waals surface area contributed by atoms with Crippen molar-refractivity contribution in [3.8, 4) is 0 Å². The predicted octanol–water partition coefficient (Wildman–Crippen LogP) is 2.72. The molecule has 0 fully saturated rings. The minimum Gasteiger partial charge on any atom is -0.467 e. The maximum Gasteiger partial charge on any atom is 0.335 e. The normalized spacial score (nSPS) is 11.6. The molecule has 6 nitrogen and oxygen atoms in total. The van der Waals surface area contributed by atoms with E-state index in [1.54, 1.807) is 18.2 Å². The van der Waals surface area contributed by atoms with Crippen molar-refractivity contribution in [3.63, 3.8) is 0 Å². The number of methoxy groups -OCH3 is 1. The number of carbonyl (C=O) groups is 3. The topological polar surface area (TPSA) is 78.9 Å². The molecule has 1 unspecified atom stereocenters. The van der Waals surface area contributed by atoms with E-state index in [4.69, 9.17) is 14.2 Å². The van der Waals surface area contributed by atoms with Gasteiger partial charge in [-0.2, -0.15) is 0 Å². The molecule has 0 bridgehead atoms. The lowest BCUT2D eigenvalue weighted by Crippen LogP contribution is -2.28. The molecule has 0 aliphatic carbocycles. The van der Waals surface area contributed by atoms with Gasteiger partial charge in [0.2, 0.25) is 0 Å². The third-order valence-corrected chi connectivity index (χ3v) is 3.63. The Balaban J connectivity index is 2.47. The molecule has 0 spiro atoms. The number of ketones is 1. The van der Waals surface area contributed by atoms with Gasteiger partial charge < -0.3 is 14.2 Å². The van der Waals surface area contributed by atoms with Crippen LogP contribution in [0.5, 0.6) is 0 Å². The molecular weight excluding hydrogens is 324 g/mol. The van der Waals surface area contributed by atoms with E-state index >= 15 is 0 Å². The second kappa shape index (κ2) is 11.4. The molecule has 138 valence electrons. The molecule has 0 N–H and O–H groups in total. The van der Waals surface area contributed by atoms with Crippen molar-refractivity contribution in [1.29, 1.82) is 0 Å². The minimum atomic E-state index is -0.708. The highest BCUT2D eigenvalue weighted by Gasteiger charge is 2.20. The highest BCUT2D eigenvalue weighted by molar-refractivity contribution is 5.94. The van der Waals surface area contributed by atoms with Crippen LogP contribution < -0.4 is 0 Å². The van der Waals surface area contributed by atoms with Crippen LogP contribution in [0, 0.1) is 0 Å². The molecule has 0 heterocycles. The summed E-state index contributed by atoms with van der Waals surface area (Å²) in [4.78, 5) is 34.0. The van der Waals surface area contributed by atoms with Gasteiger partial charge in [-0.25, -0.2) is 4.79 Å². The maximum absolute atomic E-state index is 11.9. The highest BCUT2D eigenvalue weighted by Crippen LogP contribution is 2.12. The fraction of sp³-hybridized carbons (Fsp3) is 0.526. The summed E-state index contributed by atoms with van der Waals surface area (Å²) in [6.45, 7) is 3.69. The molecule has 0 amide bonds. The Morgan fingerprint density at radius 1 is 1.04 bits per heavy atom. The number of rotatable bonds is 11. The predicted molar refractivity (Wildman–Crippen MR) is 92.4 cm³/mol. The second-order valence-corrected chi connectivity index (χ2v) is 5.74. The van der Waals surface area contributed by atoms with Crippen LogP contribution in [0.4, 0.5) is 0 Å². The van der Waals surface area contributed by atoms with Crippen LogP contribution in [0.3, 0.4) is 0 Å². The van der Waals surface area contributed by atoms with Gasteiger partial charge in [0, 0.05) is 25.5 Å². The number of Topliss-reactive ketones (excluding diaryl/α,β-unsaturated/α-hetero) is 1. The van der Waals surface area contributed by atoms with Gasteiger partial charge in [0.15, 0.2) is 11.9 Å². The number of carbonyl (C=O) groups excluding carboxylic acids is 3. The molecule has 0 aliphatic rings. The van der Waals surface area contributed by atoms with E-state index in [2.05, 4.69) is 0 Å². The van der Waals surface area contributed by atoms with E-state index in [9.17, 15) is 14.4 Å². The fourth-order valence-corrected chi connectivity index (χ4v) is 2.30. The van der Waals surface area contributed by atoms with E-state index in [-0.39, 0.29) is 11.8 Å². The maximum atomic E-state index is 11.9. The Labute approximate surface area is 148 Å². The lowest BCUT2D eigenvalue weighted by atomic mass is 10.0. The lowest BCUT2D eigenvalue weighted by Gasteiger charge is -2.16. The Kier molecular flexibility index (Phi) is 9.47. The van der Waals surface area contributed by atoms with Crippen molar-refractivity contribution in [2.45, 2.75) is 45.6 Å².